The first-order chi connectivity index (χ1) is 12.6. The molecule has 0 fully saturated rings. The maximum Gasteiger partial charge on any atom is 0.233 e. The number of aromatic nitrogens is 3. The maximum absolute atomic E-state index is 12.6. The molecule has 1 aliphatic heterocycles. The molecule has 1 aliphatic rings. The van der Waals surface area contributed by atoms with Gasteiger partial charge in [-0.15, -0.1) is 21.5 Å². The number of thioether (sulfide) groups is 1. The van der Waals surface area contributed by atoms with E-state index >= 15 is 0 Å². The lowest BCUT2D eigenvalue weighted by Gasteiger charge is -2.26. The Kier molecular flexibility index (Phi) is 4.82. The molecule has 0 unspecified atom stereocenters. The molecule has 0 atom stereocenters. The first-order valence-electron chi connectivity index (χ1n) is 8.55. The number of rotatable bonds is 4. The summed E-state index contributed by atoms with van der Waals surface area (Å²) in [6.45, 7) is 5.71. The Balaban J connectivity index is 1.43. The van der Waals surface area contributed by atoms with Gasteiger partial charge in [-0.3, -0.25) is 9.36 Å². The van der Waals surface area contributed by atoms with Gasteiger partial charge < -0.3 is 4.90 Å². The lowest BCUT2D eigenvalue weighted by molar-refractivity contribution is -0.129. The van der Waals surface area contributed by atoms with Crippen molar-refractivity contribution in [3.05, 3.63) is 57.5 Å². The Morgan fingerprint density at radius 2 is 2.15 bits per heavy atom. The predicted molar refractivity (Wildman–Crippen MR) is 105 cm³/mol. The highest BCUT2D eigenvalue weighted by Crippen LogP contribution is 2.26. The molecular weight excluding hydrogens is 364 g/mol. The van der Waals surface area contributed by atoms with Gasteiger partial charge >= 0.3 is 0 Å². The maximum atomic E-state index is 12.6. The lowest BCUT2D eigenvalue weighted by Crippen LogP contribution is -2.36. The Morgan fingerprint density at radius 3 is 3.00 bits per heavy atom. The van der Waals surface area contributed by atoms with Crippen LogP contribution in [0.4, 0.5) is 0 Å². The van der Waals surface area contributed by atoms with Crippen LogP contribution < -0.4 is 0 Å². The number of nitrogens with zero attached hydrogens (tertiary/aromatic N) is 4. The number of hydrogen-bond acceptors (Lipinski definition) is 5. The van der Waals surface area contributed by atoms with Crippen LogP contribution in [-0.2, 0) is 17.8 Å². The van der Waals surface area contributed by atoms with E-state index in [0.29, 0.717) is 5.75 Å². The fourth-order valence-corrected chi connectivity index (χ4v) is 4.78. The molecule has 26 heavy (non-hydrogen) atoms. The summed E-state index contributed by atoms with van der Waals surface area (Å²) in [5.41, 5.74) is 4.79. The van der Waals surface area contributed by atoms with Crippen molar-refractivity contribution in [3.63, 3.8) is 0 Å². The van der Waals surface area contributed by atoms with Gasteiger partial charge in [0.05, 0.1) is 5.75 Å². The highest BCUT2D eigenvalue weighted by atomic mass is 32.2. The zero-order chi connectivity index (χ0) is 18.1. The molecule has 7 heteroatoms. The molecule has 0 saturated heterocycles. The average molecular weight is 385 g/mol. The Hall–Kier alpha value is -2.12. The fraction of sp³-hybridized carbons (Fsp3) is 0.316. The Morgan fingerprint density at radius 1 is 1.27 bits per heavy atom. The molecule has 3 heterocycles. The highest BCUT2D eigenvalue weighted by molar-refractivity contribution is 7.99. The van der Waals surface area contributed by atoms with E-state index in [1.54, 1.807) is 17.7 Å². The molecule has 0 N–H and O–H groups in total. The monoisotopic (exact) mass is 384 g/mol. The predicted octanol–water partition coefficient (Wildman–Crippen LogP) is 3.62. The molecule has 0 radical (unpaired) electrons. The number of hydrogen-bond donors (Lipinski definition) is 0. The van der Waals surface area contributed by atoms with E-state index in [1.807, 2.05) is 9.47 Å². The van der Waals surface area contributed by atoms with E-state index in [9.17, 15) is 4.79 Å². The minimum absolute atomic E-state index is 0.154. The van der Waals surface area contributed by atoms with Gasteiger partial charge in [0, 0.05) is 23.7 Å². The molecule has 1 aromatic carbocycles. The second-order valence-electron chi connectivity index (χ2n) is 6.48. The number of carbonyl (C=O) groups is 1. The third-order valence-electron chi connectivity index (χ3n) is 4.77. The van der Waals surface area contributed by atoms with Crippen LogP contribution in [0.2, 0.25) is 0 Å². The summed E-state index contributed by atoms with van der Waals surface area (Å²) in [6.07, 6.45) is 2.66. The van der Waals surface area contributed by atoms with Crippen LogP contribution >= 0.6 is 23.1 Å². The molecule has 2 aromatic heterocycles. The third kappa shape index (κ3) is 3.41. The molecule has 0 spiro atoms. The molecule has 4 rings (SSSR count). The minimum atomic E-state index is 0.154. The van der Waals surface area contributed by atoms with Crippen LogP contribution in [0.25, 0.3) is 5.69 Å². The SMILES string of the molecule is Cc1ccc(-n2cnnc2SCC(=O)N2CCc3sccc3C2)cc1C. The molecule has 0 aliphatic carbocycles. The molecule has 3 aromatic rings. The van der Waals surface area contributed by atoms with Gasteiger partial charge in [0.25, 0.3) is 0 Å². The van der Waals surface area contributed by atoms with Crippen LogP contribution in [0.5, 0.6) is 0 Å². The van der Waals surface area contributed by atoms with Gasteiger partial charge in [-0.25, -0.2) is 0 Å². The minimum Gasteiger partial charge on any atom is -0.337 e. The number of thiophene rings is 1. The molecule has 1 amide bonds. The molecule has 0 bridgehead atoms. The van der Waals surface area contributed by atoms with Crippen molar-refractivity contribution < 1.29 is 4.79 Å². The second kappa shape index (κ2) is 7.25. The summed E-state index contributed by atoms with van der Waals surface area (Å²) in [6, 6.07) is 8.40. The van der Waals surface area contributed by atoms with E-state index < -0.39 is 0 Å². The van der Waals surface area contributed by atoms with Crippen molar-refractivity contribution in [1.82, 2.24) is 19.7 Å². The number of carbonyl (C=O) groups excluding carboxylic acids is 1. The standard InChI is InChI=1S/C19H20N4OS2/c1-13-3-4-16(9-14(13)2)23-12-20-21-19(23)26-11-18(24)22-7-5-17-15(10-22)6-8-25-17/h3-4,6,8-9,12H,5,7,10-11H2,1-2H3. The number of benzene rings is 1. The smallest absolute Gasteiger partial charge is 0.233 e. The zero-order valence-corrected chi connectivity index (χ0v) is 16.4. The largest absolute Gasteiger partial charge is 0.337 e. The number of fused-ring (bicyclic) bond motifs is 1. The fourth-order valence-electron chi connectivity index (χ4n) is 3.05. The van der Waals surface area contributed by atoms with Crippen molar-refractivity contribution in [2.24, 2.45) is 0 Å². The summed E-state index contributed by atoms with van der Waals surface area (Å²) in [5, 5.41) is 11.1. The zero-order valence-electron chi connectivity index (χ0n) is 14.8. The third-order valence-corrected chi connectivity index (χ3v) is 6.72. The summed E-state index contributed by atoms with van der Waals surface area (Å²) in [4.78, 5) is 16.0. The van der Waals surface area contributed by atoms with Gasteiger partial charge in [0.2, 0.25) is 5.91 Å². The summed E-state index contributed by atoms with van der Waals surface area (Å²) >= 11 is 3.23. The van der Waals surface area contributed by atoms with Gasteiger partial charge in [-0.2, -0.15) is 0 Å². The molecule has 5 nitrogen and oxygen atoms in total. The van der Waals surface area contributed by atoms with Crippen molar-refractivity contribution >= 4 is 29.0 Å². The topological polar surface area (TPSA) is 51.0 Å². The van der Waals surface area contributed by atoms with Crippen LogP contribution in [0.1, 0.15) is 21.6 Å². The Bertz CT molecular complexity index is 947. The van der Waals surface area contributed by atoms with Crippen LogP contribution in [0.15, 0.2) is 41.1 Å². The second-order valence-corrected chi connectivity index (χ2v) is 8.42. The van der Waals surface area contributed by atoms with Crippen LogP contribution in [-0.4, -0.2) is 37.9 Å². The molecule has 134 valence electrons. The summed E-state index contributed by atoms with van der Waals surface area (Å²) in [5.74, 6) is 0.532. The van der Waals surface area contributed by atoms with Gasteiger partial charge in [0.15, 0.2) is 5.16 Å². The van der Waals surface area contributed by atoms with E-state index in [2.05, 4.69) is 53.7 Å². The molecular formula is C19H20N4OS2. The number of aryl methyl sites for hydroxylation is 2. The van der Waals surface area contributed by atoms with Crippen molar-refractivity contribution in [3.8, 4) is 5.69 Å². The van der Waals surface area contributed by atoms with E-state index in [4.69, 9.17) is 0 Å². The van der Waals surface area contributed by atoms with Crippen LogP contribution in [0, 0.1) is 13.8 Å². The van der Waals surface area contributed by atoms with Gasteiger partial charge in [-0.05, 0) is 60.5 Å². The van der Waals surface area contributed by atoms with E-state index in [0.717, 1.165) is 30.4 Å². The summed E-state index contributed by atoms with van der Waals surface area (Å²) < 4.78 is 1.94. The first kappa shape index (κ1) is 17.3. The van der Waals surface area contributed by atoms with Crippen molar-refractivity contribution in [2.45, 2.75) is 32.0 Å². The van der Waals surface area contributed by atoms with Crippen LogP contribution in [0.3, 0.4) is 0 Å². The average Bonchev–Trinajstić information content (AvgIpc) is 3.30. The number of amides is 1. The summed E-state index contributed by atoms with van der Waals surface area (Å²) in [7, 11) is 0. The Labute approximate surface area is 161 Å². The quantitative estimate of drug-likeness (QED) is 0.645. The first-order valence-corrected chi connectivity index (χ1v) is 10.4. The molecule has 0 saturated carbocycles. The normalized spacial score (nSPS) is 13.7. The van der Waals surface area contributed by atoms with Gasteiger partial charge in [-0.1, -0.05) is 17.8 Å². The van der Waals surface area contributed by atoms with Crippen molar-refractivity contribution in [2.75, 3.05) is 12.3 Å². The van der Waals surface area contributed by atoms with Crippen molar-refractivity contribution in [1.29, 1.82) is 0 Å². The lowest BCUT2D eigenvalue weighted by atomic mass is 10.1. The van der Waals surface area contributed by atoms with E-state index in [-0.39, 0.29) is 5.91 Å². The van der Waals surface area contributed by atoms with E-state index in [1.165, 1.54) is 33.3 Å². The van der Waals surface area contributed by atoms with Gasteiger partial charge in [0.1, 0.15) is 6.33 Å². The highest BCUT2D eigenvalue weighted by Gasteiger charge is 2.22.